The Morgan fingerprint density at radius 2 is 2.04 bits per heavy atom. The van der Waals surface area contributed by atoms with E-state index in [0.717, 1.165) is 30.7 Å². The van der Waals surface area contributed by atoms with Crippen molar-refractivity contribution >= 4 is 17.4 Å². The van der Waals surface area contributed by atoms with Gasteiger partial charge in [0.05, 0.1) is 24.2 Å². The number of ether oxygens (including phenoxy) is 1. The number of amides is 1. The summed E-state index contributed by atoms with van der Waals surface area (Å²) in [6.45, 7) is 4.59. The molecule has 0 atom stereocenters. The van der Waals surface area contributed by atoms with Gasteiger partial charge in [0.15, 0.2) is 0 Å². The quantitative estimate of drug-likeness (QED) is 0.653. The smallest absolute Gasteiger partial charge is 0.271 e. The number of hydrogen-bond acceptors (Lipinski definition) is 5. The van der Waals surface area contributed by atoms with Crippen molar-refractivity contribution in [3.63, 3.8) is 0 Å². The van der Waals surface area contributed by atoms with Crippen molar-refractivity contribution in [1.82, 2.24) is 15.3 Å². The van der Waals surface area contributed by atoms with Gasteiger partial charge in [-0.3, -0.25) is 4.79 Å². The highest BCUT2D eigenvalue weighted by atomic mass is 16.5. The fourth-order valence-electron chi connectivity index (χ4n) is 3.13. The van der Waals surface area contributed by atoms with E-state index in [9.17, 15) is 4.79 Å². The number of benzene rings is 1. The molecule has 148 valence electrons. The van der Waals surface area contributed by atoms with Gasteiger partial charge in [0.25, 0.3) is 5.91 Å². The average molecular weight is 380 g/mol. The fraction of sp³-hybridized carbons (Fsp3) is 0.409. The number of nitrogens with one attached hydrogen (secondary N) is 2. The first-order valence-corrected chi connectivity index (χ1v) is 9.92. The number of nitrogens with zero attached hydrogens (tertiary/aromatic N) is 2. The molecule has 2 aromatic rings. The lowest BCUT2D eigenvalue weighted by Gasteiger charge is -2.15. The van der Waals surface area contributed by atoms with Gasteiger partial charge in [-0.25, -0.2) is 9.97 Å². The van der Waals surface area contributed by atoms with Crippen molar-refractivity contribution in [2.24, 2.45) is 0 Å². The predicted octanol–water partition coefficient (Wildman–Crippen LogP) is 4.63. The van der Waals surface area contributed by atoms with Crippen LogP contribution in [0.2, 0.25) is 0 Å². The normalized spacial score (nSPS) is 13.8. The molecule has 1 aliphatic rings. The number of hydrogen-bond donors (Lipinski definition) is 2. The van der Waals surface area contributed by atoms with Crippen molar-refractivity contribution in [1.29, 1.82) is 0 Å². The Labute approximate surface area is 166 Å². The predicted molar refractivity (Wildman–Crippen MR) is 111 cm³/mol. The van der Waals surface area contributed by atoms with E-state index in [0.29, 0.717) is 18.1 Å². The Hall–Kier alpha value is -2.89. The van der Waals surface area contributed by atoms with Gasteiger partial charge in [0, 0.05) is 6.54 Å². The van der Waals surface area contributed by atoms with Crippen LogP contribution in [-0.4, -0.2) is 28.5 Å². The van der Waals surface area contributed by atoms with Crippen LogP contribution in [0.3, 0.4) is 0 Å². The summed E-state index contributed by atoms with van der Waals surface area (Å²) < 4.78 is 5.79. The number of aromatic nitrogens is 2. The maximum absolute atomic E-state index is 12.3. The molecule has 0 fully saturated rings. The second kappa shape index (κ2) is 9.88. The van der Waals surface area contributed by atoms with Crippen molar-refractivity contribution in [2.45, 2.75) is 52.1 Å². The molecule has 1 aliphatic carbocycles. The van der Waals surface area contributed by atoms with Gasteiger partial charge >= 0.3 is 0 Å². The van der Waals surface area contributed by atoms with Crippen LogP contribution < -0.4 is 15.4 Å². The zero-order valence-electron chi connectivity index (χ0n) is 16.6. The summed E-state index contributed by atoms with van der Waals surface area (Å²) in [5.41, 5.74) is 2.57. The third-order valence-corrected chi connectivity index (χ3v) is 4.51. The molecule has 0 saturated carbocycles. The highest BCUT2D eigenvalue weighted by Crippen LogP contribution is 2.27. The summed E-state index contributed by atoms with van der Waals surface area (Å²) in [6, 6.07) is 7.66. The van der Waals surface area contributed by atoms with Crippen LogP contribution in [0.1, 0.15) is 56.4 Å². The van der Waals surface area contributed by atoms with E-state index >= 15 is 0 Å². The molecule has 0 radical (unpaired) electrons. The van der Waals surface area contributed by atoms with E-state index in [1.54, 1.807) is 6.20 Å². The van der Waals surface area contributed by atoms with Gasteiger partial charge in [-0.1, -0.05) is 23.8 Å². The molecule has 6 heteroatoms. The molecular formula is C22H28N4O2. The van der Waals surface area contributed by atoms with Crippen LogP contribution >= 0.6 is 0 Å². The monoisotopic (exact) mass is 380 g/mol. The fourth-order valence-corrected chi connectivity index (χ4v) is 3.13. The maximum atomic E-state index is 12.3. The number of carbonyl (C=O) groups is 1. The summed E-state index contributed by atoms with van der Waals surface area (Å²) in [4.78, 5) is 20.8. The number of anilines is 2. The standard InChI is InChI=1S/C22H28N4O2/c1-16(2)28-20-11-7-6-10-18(20)26-21-15-24-19(14-25-21)22(27)23-13-12-17-8-4-3-5-9-17/h6-8,10-11,14-16H,3-5,9,12-13H2,1-2H3,(H,23,27)(H,25,26). The van der Waals surface area contributed by atoms with Gasteiger partial charge in [-0.2, -0.15) is 0 Å². The Bertz CT molecular complexity index is 816. The summed E-state index contributed by atoms with van der Waals surface area (Å²) in [5, 5.41) is 6.12. The zero-order valence-corrected chi connectivity index (χ0v) is 16.6. The van der Waals surface area contributed by atoms with Crippen LogP contribution in [-0.2, 0) is 0 Å². The molecule has 1 heterocycles. The molecule has 6 nitrogen and oxygen atoms in total. The SMILES string of the molecule is CC(C)Oc1ccccc1Nc1cnc(C(=O)NCCC2=CCCCC2)cn1. The van der Waals surface area contributed by atoms with Crippen LogP contribution in [0.4, 0.5) is 11.5 Å². The lowest BCUT2D eigenvalue weighted by molar-refractivity contribution is 0.0948. The Morgan fingerprint density at radius 3 is 2.75 bits per heavy atom. The molecule has 2 N–H and O–H groups in total. The van der Waals surface area contributed by atoms with E-state index in [-0.39, 0.29) is 12.0 Å². The largest absolute Gasteiger partial charge is 0.489 e. The molecular weight excluding hydrogens is 352 g/mol. The van der Waals surface area contributed by atoms with E-state index in [4.69, 9.17) is 4.74 Å². The number of rotatable bonds is 8. The minimum absolute atomic E-state index is 0.0736. The lowest BCUT2D eigenvalue weighted by atomic mass is 9.97. The van der Waals surface area contributed by atoms with Crippen LogP contribution in [0.15, 0.2) is 48.3 Å². The van der Waals surface area contributed by atoms with Gasteiger partial charge in [-0.05, 0) is 58.1 Å². The molecule has 28 heavy (non-hydrogen) atoms. The molecule has 0 aliphatic heterocycles. The number of allylic oxidation sites excluding steroid dienone is 1. The summed E-state index contributed by atoms with van der Waals surface area (Å²) in [5.74, 6) is 1.11. The summed E-state index contributed by atoms with van der Waals surface area (Å²) in [7, 11) is 0. The first-order valence-electron chi connectivity index (χ1n) is 9.92. The molecule has 3 rings (SSSR count). The molecule has 0 unspecified atom stereocenters. The van der Waals surface area contributed by atoms with Gasteiger partial charge in [0.1, 0.15) is 17.3 Å². The van der Waals surface area contributed by atoms with Gasteiger partial charge in [-0.15, -0.1) is 0 Å². The number of carbonyl (C=O) groups excluding carboxylic acids is 1. The Kier molecular flexibility index (Phi) is 7.00. The minimum Gasteiger partial charge on any atom is -0.489 e. The van der Waals surface area contributed by atoms with Crippen molar-refractivity contribution < 1.29 is 9.53 Å². The average Bonchev–Trinajstić information content (AvgIpc) is 2.70. The first kappa shape index (κ1) is 19.9. The zero-order chi connectivity index (χ0) is 19.8. The highest BCUT2D eigenvalue weighted by molar-refractivity contribution is 5.92. The molecule has 1 aromatic carbocycles. The van der Waals surface area contributed by atoms with E-state index < -0.39 is 0 Å². The Balaban J connectivity index is 1.54. The van der Waals surface area contributed by atoms with E-state index in [1.165, 1.54) is 24.6 Å². The minimum atomic E-state index is -0.195. The molecule has 1 amide bonds. The van der Waals surface area contributed by atoms with Crippen LogP contribution in [0, 0.1) is 0 Å². The Morgan fingerprint density at radius 1 is 1.18 bits per heavy atom. The van der Waals surface area contributed by atoms with Crippen molar-refractivity contribution in [2.75, 3.05) is 11.9 Å². The topological polar surface area (TPSA) is 76.1 Å². The van der Waals surface area contributed by atoms with E-state index in [1.807, 2.05) is 38.1 Å². The number of para-hydroxylation sites is 2. The second-order valence-corrected chi connectivity index (χ2v) is 7.19. The summed E-state index contributed by atoms with van der Waals surface area (Å²) >= 11 is 0. The van der Waals surface area contributed by atoms with Crippen molar-refractivity contribution in [3.05, 3.63) is 54.0 Å². The third kappa shape index (κ3) is 5.81. The third-order valence-electron chi connectivity index (χ3n) is 4.51. The second-order valence-electron chi connectivity index (χ2n) is 7.19. The lowest BCUT2D eigenvalue weighted by Crippen LogP contribution is -2.26. The van der Waals surface area contributed by atoms with Crippen LogP contribution in [0.5, 0.6) is 5.75 Å². The molecule has 0 saturated heterocycles. The summed E-state index contributed by atoms with van der Waals surface area (Å²) in [6.07, 6.45) is 11.2. The molecule has 1 aromatic heterocycles. The van der Waals surface area contributed by atoms with E-state index in [2.05, 4.69) is 26.7 Å². The van der Waals surface area contributed by atoms with Crippen molar-refractivity contribution in [3.8, 4) is 5.75 Å². The van der Waals surface area contributed by atoms with Gasteiger partial charge < -0.3 is 15.4 Å². The molecule has 0 spiro atoms. The maximum Gasteiger partial charge on any atom is 0.271 e. The van der Waals surface area contributed by atoms with Gasteiger partial charge in [0.2, 0.25) is 0 Å². The van der Waals surface area contributed by atoms with Crippen LogP contribution in [0.25, 0.3) is 0 Å². The highest BCUT2D eigenvalue weighted by Gasteiger charge is 2.10. The first-order chi connectivity index (χ1) is 13.6. The molecule has 0 bridgehead atoms.